The average molecular weight is 355 g/mol. The number of hydrogen-bond acceptors (Lipinski definition) is 4. The predicted molar refractivity (Wildman–Crippen MR) is 99.2 cm³/mol. The predicted octanol–water partition coefficient (Wildman–Crippen LogP) is 3.93. The number of carbonyl (C=O) groups is 2. The van der Waals surface area contributed by atoms with Gasteiger partial charge < -0.3 is 10.6 Å². The van der Waals surface area contributed by atoms with Crippen molar-refractivity contribution in [3.8, 4) is 0 Å². The Balaban J connectivity index is 1.50. The van der Waals surface area contributed by atoms with Crippen molar-refractivity contribution < 1.29 is 9.59 Å². The molecule has 6 heteroatoms. The van der Waals surface area contributed by atoms with Gasteiger partial charge in [-0.15, -0.1) is 11.3 Å². The van der Waals surface area contributed by atoms with E-state index >= 15 is 0 Å². The Labute approximate surface area is 150 Å². The summed E-state index contributed by atoms with van der Waals surface area (Å²) >= 11 is 1.51. The lowest BCUT2D eigenvalue weighted by atomic mass is 10.1. The molecule has 0 unspecified atom stereocenters. The number of rotatable bonds is 4. The first-order valence-electron chi connectivity index (χ1n) is 8.79. The van der Waals surface area contributed by atoms with Crippen LogP contribution >= 0.6 is 11.3 Å². The lowest BCUT2D eigenvalue weighted by Crippen LogP contribution is -2.12. The molecule has 2 aromatic rings. The molecule has 0 spiro atoms. The highest BCUT2D eigenvalue weighted by Gasteiger charge is 2.25. The van der Waals surface area contributed by atoms with Gasteiger partial charge in [0.05, 0.1) is 10.7 Å². The van der Waals surface area contributed by atoms with Gasteiger partial charge in [0.15, 0.2) is 0 Å². The van der Waals surface area contributed by atoms with Gasteiger partial charge in [0.1, 0.15) is 4.88 Å². The Hall–Kier alpha value is -2.21. The summed E-state index contributed by atoms with van der Waals surface area (Å²) in [6.45, 7) is 1.90. The monoisotopic (exact) mass is 355 g/mol. The van der Waals surface area contributed by atoms with Crippen LogP contribution in [0.25, 0.3) is 0 Å². The molecule has 2 aliphatic rings. The number of benzene rings is 1. The van der Waals surface area contributed by atoms with E-state index in [0.29, 0.717) is 11.3 Å². The van der Waals surface area contributed by atoms with Gasteiger partial charge in [-0.05, 0) is 62.3 Å². The fourth-order valence-electron chi connectivity index (χ4n) is 3.16. The first-order valence-corrected chi connectivity index (χ1v) is 9.60. The van der Waals surface area contributed by atoms with Gasteiger partial charge in [0, 0.05) is 24.2 Å². The Morgan fingerprint density at radius 3 is 3.00 bits per heavy atom. The Bertz CT molecular complexity index is 839. The zero-order valence-corrected chi connectivity index (χ0v) is 15.0. The summed E-state index contributed by atoms with van der Waals surface area (Å²) in [7, 11) is 0. The molecule has 0 saturated heterocycles. The Kier molecular flexibility index (Phi) is 4.29. The van der Waals surface area contributed by atoms with Crippen molar-refractivity contribution in [2.24, 2.45) is 5.92 Å². The molecule has 2 N–H and O–H groups in total. The minimum Gasteiger partial charge on any atom is -0.326 e. The lowest BCUT2D eigenvalue weighted by Gasteiger charge is -2.10. The number of amides is 2. The quantitative estimate of drug-likeness (QED) is 0.873. The summed E-state index contributed by atoms with van der Waals surface area (Å²) in [4.78, 5) is 29.5. The molecular formula is C19H21N3O2S. The van der Waals surface area contributed by atoms with E-state index in [1.54, 1.807) is 0 Å². The van der Waals surface area contributed by atoms with E-state index in [1.807, 2.05) is 25.1 Å². The van der Waals surface area contributed by atoms with Crippen molar-refractivity contribution in [3.63, 3.8) is 0 Å². The third-order valence-electron chi connectivity index (χ3n) is 4.69. The highest BCUT2D eigenvalue weighted by molar-refractivity contribution is 7.13. The molecule has 1 saturated carbocycles. The van der Waals surface area contributed by atoms with Crippen LogP contribution in [0.2, 0.25) is 0 Å². The van der Waals surface area contributed by atoms with Gasteiger partial charge in [0.2, 0.25) is 5.91 Å². The summed E-state index contributed by atoms with van der Waals surface area (Å²) < 4.78 is 0. The Morgan fingerprint density at radius 2 is 2.20 bits per heavy atom. The maximum Gasteiger partial charge on any atom is 0.267 e. The van der Waals surface area contributed by atoms with Crippen LogP contribution < -0.4 is 10.6 Å². The molecule has 25 heavy (non-hydrogen) atoms. The number of aryl methyl sites for hydroxylation is 2. The van der Waals surface area contributed by atoms with Gasteiger partial charge >= 0.3 is 0 Å². The molecular weight excluding hydrogens is 334 g/mol. The molecule has 1 aliphatic heterocycles. The number of aromatic nitrogens is 1. The van der Waals surface area contributed by atoms with Crippen LogP contribution in [0.15, 0.2) is 18.2 Å². The van der Waals surface area contributed by atoms with Crippen LogP contribution in [0, 0.1) is 12.8 Å². The van der Waals surface area contributed by atoms with Gasteiger partial charge in [-0.2, -0.15) is 0 Å². The highest BCUT2D eigenvalue weighted by Crippen LogP contribution is 2.34. The highest BCUT2D eigenvalue weighted by atomic mass is 32.1. The minimum absolute atomic E-state index is 0.0546. The zero-order chi connectivity index (χ0) is 17.4. The topological polar surface area (TPSA) is 71.1 Å². The standard InChI is InChI=1S/C19H21N3O2S/c1-11-18(25-17(20-11)9-12-5-6-12)19(24)21-14-7-8-15-13(10-14)3-2-4-16(23)22-15/h7-8,10,12H,2-6,9H2,1H3,(H,21,24)(H,22,23). The van der Waals surface area contributed by atoms with Crippen LogP contribution in [-0.4, -0.2) is 16.8 Å². The molecule has 5 nitrogen and oxygen atoms in total. The second kappa shape index (κ2) is 6.59. The zero-order valence-electron chi connectivity index (χ0n) is 14.2. The van der Waals surface area contributed by atoms with Crippen LogP contribution in [-0.2, 0) is 17.6 Å². The molecule has 0 bridgehead atoms. The van der Waals surface area contributed by atoms with E-state index in [9.17, 15) is 9.59 Å². The van der Waals surface area contributed by atoms with Crippen molar-refractivity contribution in [1.29, 1.82) is 0 Å². The van der Waals surface area contributed by atoms with Gasteiger partial charge in [-0.1, -0.05) is 0 Å². The lowest BCUT2D eigenvalue weighted by molar-refractivity contribution is -0.116. The minimum atomic E-state index is -0.102. The van der Waals surface area contributed by atoms with Crippen molar-refractivity contribution in [1.82, 2.24) is 4.98 Å². The van der Waals surface area contributed by atoms with Gasteiger partial charge in [-0.3, -0.25) is 9.59 Å². The van der Waals surface area contributed by atoms with Gasteiger partial charge in [-0.25, -0.2) is 4.98 Å². The SMILES string of the molecule is Cc1nc(CC2CC2)sc1C(=O)Nc1ccc2c(c1)CCCC(=O)N2. The normalized spacial score (nSPS) is 16.8. The first kappa shape index (κ1) is 16.3. The maximum absolute atomic E-state index is 12.6. The average Bonchev–Trinajstić information content (AvgIpc) is 3.32. The second-order valence-corrected chi connectivity index (χ2v) is 7.98. The van der Waals surface area contributed by atoms with Crippen LogP contribution in [0.4, 0.5) is 11.4 Å². The molecule has 1 aromatic carbocycles. The van der Waals surface area contributed by atoms with Crippen molar-refractivity contribution >= 4 is 34.5 Å². The smallest absolute Gasteiger partial charge is 0.267 e. The molecule has 4 rings (SSSR count). The molecule has 1 fully saturated rings. The fourth-order valence-corrected chi connectivity index (χ4v) is 4.23. The fraction of sp³-hybridized carbons (Fsp3) is 0.421. The molecule has 2 heterocycles. The largest absolute Gasteiger partial charge is 0.326 e. The van der Waals surface area contributed by atoms with E-state index in [0.717, 1.165) is 52.8 Å². The van der Waals surface area contributed by atoms with Crippen molar-refractivity contribution in [3.05, 3.63) is 39.3 Å². The number of anilines is 2. The van der Waals surface area contributed by atoms with Crippen LogP contribution in [0.5, 0.6) is 0 Å². The number of nitrogens with one attached hydrogen (secondary N) is 2. The molecule has 0 radical (unpaired) electrons. The molecule has 1 aliphatic carbocycles. The van der Waals surface area contributed by atoms with E-state index in [4.69, 9.17) is 0 Å². The molecule has 2 amide bonds. The van der Waals surface area contributed by atoms with Gasteiger partial charge in [0.25, 0.3) is 5.91 Å². The summed E-state index contributed by atoms with van der Waals surface area (Å²) in [5.41, 5.74) is 3.48. The van der Waals surface area contributed by atoms with Crippen molar-refractivity contribution in [2.75, 3.05) is 10.6 Å². The third kappa shape index (κ3) is 3.74. The van der Waals surface area contributed by atoms with E-state index in [2.05, 4.69) is 15.6 Å². The second-order valence-electron chi connectivity index (χ2n) is 6.90. The van der Waals surface area contributed by atoms with Crippen LogP contribution in [0.3, 0.4) is 0 Å². The molecule has 130 valence electrons. The maximum atomic E-state index is 12.6. The molecule has 1 aromatic heterocycles. The summed E-state index contributed by atoms with van der Waals surface area (Å²) in [5.74, 6) is 0.718. The number of fused-ring (bicyclic) bond motifs is 1. The van der Waals surface area contributed by atoms with Crippen molar-refractivity contribution in [2.45, 2.75) is 45.4 Å². The summed E-state index contributed by atoms with van der Waals surface area (Å²) in [6, 6.07) is 5.66. The third-order valence-corrected chi connectivity index (χ3v) is 5.87. The number of nitrogens with zero attached hydrogens (tertiary/aromatic N) is 1. The number of hydrogen-bond donors (Lipinski definition) is 2. The first-order chi connectivity index (χ1) is 12.1. The molecule has 0 atom stereocenters. The number of carbonyl (C=O) groups excluding carboxylic acids is 2. The Morgan fingerprint density at radius 1 is 1.36 bits per heavy atom. The summed E-state index contributed by atoms with van der Waals surface area (Å²) in [6.07, 6.45) is 5.77. The van der Waals surface area contributed by atoms with E-state index in [-0.39, 0.29) is 11.8 Å². The van der Waals surface area contributed by atoms with E-state index in [1.165, 1.54) is 24.2 Å². The summed E-state index contributed by atoms with van der Waals surface area (Å²) in [5, 5.41) is 6.96. The van der Waals surface area contributed by atoms with E-state index < -0.39 is 0 Å². The number of thiazole rings is 1. The van der Waals surface area contributed by atoms with Crippen LogP contribution in [0.1, 0.15) is 51.6 Å².